The Kier molecular flexibility index (Phi) is 9.16. The van der Waals surface area contributed by atoms with Crippen LogP contribution in [0.5, 0.6) is 0 Å². The molecule has 0 aliphatic carbocycles. The van der Waals surface area contributed by atoms with Gasteiger partial charge in [0.05, 0.1) is 4.91 Å². The molecule has 0 unspecified atom stereocenters. The van der Waals surface area contributed by atoms with E-state index in [9.17, 15) is 14.9 Å². The maximum absolute atomic E-state index is 13.2. The molecule has 8 heteroatoms. The van der Waals surface area contributed by atoms with E-state index < -0.39 is 0 Å². The van der Waals surface area contributed by atoms with Crippen LogP contribution in [-0.2, 0) is 11.3 Å². The lowest BCUT2D eigenvalue weighted by Gasteiger charge is -2.33. The maximum Gasteiger partial charge on any atom is 0.270 e. The number of pyridine rings is 1. The molecule has 33 heavy (non-hydrogen) atoms. The third-order valence-electron chi connectivity index (χ3n) is 6.45. The van der Waals surface area contributed by atoms with Crippen molar-refractivity contribution in [2.75, 3.05) is 24.5 Å². The van der Waals surface area contributed by atoms with Crippen LogP contribution in [0.1, 0.15) is 81.9 Å². The van der Waals surface area contributed by atoms with Crippen molar-refractivity contribution in [1.29, 1.82) is 5.26 Å². The normalized spacial score (nSPS) is 17.8. The quantitative estimate of drug-likeness (QED) is 0.271. The Morgan fingerprint density at radius 3 is 2.42 bits per heavy atom. The van der Waals surface area contributed by atoms with E-state index >= 15 is 0 Å². The van der Waals surface area contributed by atoms with Crippen LogP contribution in [0.3, 0.4) is 0 Å². The van der Waals surface area contributed by atoms with E-state index in [1.807, 2.05) is 19.9 Å². The van der Waals surface area contributed by atoms with Gasteiger partial charge in [-0.2, -0.15) is 5.26 Å². The molecule has 1 amide bonds. The maximum atomic E-state index is 13.2. The van der Waals surface area contributed by atoms with Gasteiger partial charge >= 0.3 is 0 Å². The summed E-state index contributed by atoms with van der Waals surface area (Å²) in [5, 5.41) is 9.70. The Morgan fingerprint density at radius 2 is 1.79 bits per heavy atom. The second kappa shape index (κ2) is 11.8. The average molecular weight is 487 g/mol. The van der Waals surface area contributed by atoms with Gasteiger partial charge < -0.3 is 4.90 Å². The second-order valence-corrected chi connectivity index (χ2v) is 10.4. The molecule has 2 aliphatic rings. The Labute approximate surface area is 206 Å². The van der Waals surface area contributed by atoms with Crippen LogP contribution in [0.2, 0.25) is 0 Å². The summed E-state index contributed by atoms with van der Waals surface area (Å²) in [6, 6.07) is 2.10. The van der Waals surface area contributed by atoms with Crippen molar-refractivity contribution < 1.29 is 4.79 Å². The summed E-state index contributed by atoms with van der Waals surface area (Å²) in [6.07, 6.45) is 10.8. The van der Waals surface area contributed by atoms with E-state index in [0.29, 0.717) is 27.9 Å². The fourth-order valence-electron chi connectivity index (χ4n) is 4.58. The van der Waals surface area contributed by atoms with Gasteiger partial charge in [0, 0.05) is 31.7 Å². The van der Waals surface area contributed by atoms with Gasteiger partial charge in [-0.05, 0) is 51.2 Å². The number of carbonyl (C=O) groups excluding carboxylic acids is 1. The summed E-state index contributed by atoms with van der Waals surface area (Å²) < 4.78 is 2.28. The molecule has 1 aromatic rings. The highest BCUT2D eigenvalue weighted by atomic mass is 32.2. The summed E-state index contributed by atoms with van der Waals surface area (Å²) >= 11 is 6.85. The van der Waals surface area contributed by atoms with Crippen LogP contribution >= 0.6 is 24.0 Å². The number of thiocarbonyl (C=S) groups is 1. The first-order chi connectivity index (χ1) is 15.9. The average Bonchev–Trinajstić information content (AvgIpc) is 3.08. The topological polar surface area (TPSA) is 69.3 Å². The molecular weight excluding hydrogens is 452 g/mol. The highest BCUT2D eigenvalue weighted by molar-refractivity contribution is 8.26. The van der Waals surface area contributed by atoms with Crippen molar-refractivity contribution in [3.05, 3.63) is 31.9 Å². The van der Waals surface area contributed by atoms with Gasteiger partial charge in [-0.15, -0.1) is 0 Å². The zero-order valence-electron chi connectivity index (χ0n) is 20.0. The minimum atomic E-state index is -0.255. The predicted octanol–water partition coefficient (Wildman–Crippen LogP) is 5.21. The highest BCUT2D eigenvalue weighted by Gasteiger charge is 2.33. The number of thioether (sulfide) groups is 1. The molecule has 0 atom stereocenters. The number of nitriles is 1. The highest BCUT2D eigenvalue weighted by Crippen LogP contribution is 2.36. The van der Waals surface area contributed by atoms with Crippen molar-refractivity contribution in [2.45, 2.75) is 78.7 Å². The largest absolute Gasteiger partial charge is 0.357 e. The van der Waals surface area contributed by atoms with Crippen molar-refractivity contribution >= 4 is 46.1 Å². The monoisotopic (exact) mass is 486 g/mol. The third-order valence-corrected chi connectivity index (χ3v) is 7.83. The lowest BCUT2D eigenvalue weighted by Crippen LogP contribution is -2.37. The van der Waals surface area contributed by atoms with Gasteiger partial charge in [0.1, 0.15) is 21.8 Å². The van der Waals surface area contributed by atoms with E-state index in [-0.39, 0.29) is 17.0 Å². The molecule has 0 radical (unpaired) electrons. The molecule has 3 rings (SSSR count). The SMILES string of the molecule is CCCCCCCN1C(=O)/C(=C\c2c(C)c(C#N)c(=O)n(CC)c2N2CCCCC2)SC1=S. The van der Waals surface area contributed by atoms with Gasteiger partial charge in [0.2, 0.25) is 0 Å². The summed E-state index contributed by atoms with van der Waals surface area (Å²) in [4.78, 5) is 30.8. The van der Waals surface area contributed by atoms with Crippen LogP contribution in [-0.4, -0.2) is 39.3 Å². The summed E-state index contributed by atoms with van der Waals surface area (Å²) in [5.41, 5.74) is 1.32. The van der Waals surface area contributed by atoms with E-state index in [2.05, 4.69) is 17.9 Å². The summed E-state index contributed by atoms with van der Waals surface area (Å²) in [5.74, 6) is 0.751. The molecule has 0 N–H and O–H groups in total. The number of hydrogen-bond acceptors (Lipinski definition) is 6. The fraction of sp³-hybridized carbons (Fsp3) is 0.600. The number of rotatable bonds is 9. The minimum absolute atomic E-state index is 0.0720. The number of unbranched alkanes of at least 4 members (excludes halogenated alkanes) is 4. The van der Waals surface area contributed by atoms with E-state index in [1.165, 1.54) is 37.4 Å². The standard InChI is InChI=1S/C25H34N4O2S2/c1-4-6-7-8-12-15-29-24(31)21(33-25(29)32)16-19-18(3)20(17-26)23(30)28(5-2)22(19)27-13-10-9-11-14-27/h16H,4-15H2,1-3H3/b21-16+. The lowest BCUT2D eigenvalue weighted by atomic mass is 10.0. The van der Waals surface area contributed by atoms with E-state index in [0.717, 1.165) is 50.2 Å². The molecule has 2 fully saturated rings. The first-order valence-corrected chi connectivity index (χ1v) is 13.3. The van der Waals surface area contributed by atoms with Crippen LogP contribution in [0, 0.1) is 18.3 Å². The molecule has 6 nitrogen and oxygen atoms in total. The number of piperidine rings is 1. The predicted molar refractivity (Wildman–Crippen MR) is 141 cm³/mol. The van der Waals surface area contributed by atoms with Gasteiger partial charge in [0.25, 0.3) is 11.5 Å². The smallest absolute Gasteiger partial charge is 0.270 e. The molecule has 0 bridgehead atoms. The molecular formula is C25H34N4O2S2. The number of amides is 1. The van der Waals surface area contributed by atoms with Crippen LogP contribution in [0.4, 0.5) is 5.82 Å². The first kappa shape index (κ1) is 25.5. The molecule has 0 aromatic carbocycles. The Bertz CT molecular complexity index is 1030. The summed E-state index contributed by atoms with van der Waals surface area (Å²) in [6.45, 7) is 8.77. The van der Waals surface area contributed by atoms with Crippen molar-refractivity contribution in [3.63, 3.8) is 0 Å². The van der Waals surface area contributed by atoms with Crippen LogP contribution in [0.25, 0.3) is 6.08 Å². The van der Waals surface area contributed by atoms with E-state index in [4.69, 9.17) is 12.2 Å². The number of anilines is 1. The Balaban J connectivity index is 1.99. The Morgan fingerprint density at radius 1 is 1.09 bits per heavy atom. The molecule has 0 spiro atoms. The molecule has 0 saturated carbocycles. The number of aromatic nitrogens is 1. The minimum Gasteiger partial charge on any atom is -0.357 e. The summed E-state index contributed by atoms with van der Waals surface area (Å²) in [7, 11) is 0. The van der Waals surface area contributed by atoms with Gasteiger partial charge in [-0.3, -0.25) is 19.1 Å². The van der Waals surface area contributed by atoms with Gasteiger partial charge in [0.15, 0.2) is 0 Å². The number of nitrogens with zero attached hydrogens (tertiary/aromatic N) is 4. The number of carbonyl (C=O) groups is 1. The zero-order chi connectivity index (χ0) is 24.0. The lowest BCUT2D eigenvalue weighted by molar-refractivity contribution is -0.122. The number of hydrogen-bond donors (Lipinski definition) is 0. The van der Waals surface area contributed by atoms with Crippen LogP contribution < -0.4 is 10.5 Å². The van der Waals surface area contributed by atoms with Gasteiger partial charge in [-0.25, -0.2) is 0 Å². The van der Waals surface area contributed by atoms with Crippen molar-refractivity contribution in [2.24, 2.45) is 0 Å². The zero-order valence-corrected chi connectivity index (χ0v) is 21.6. The Hall–Kier alpha value is -2.11. The first-order valence-electron chi connectivity index (χ1n) is 12.1. The van der Waals surface area contributed by atoms with Crippen molar-refractivity contribution in [3.8, 4) is 6.07 Å². The van der Waals surface area contributed by atoms with Crippen LogP contribution in [0.15, 0.2) is 9.70 Å². The van der Waals surface area contributed by atoms with Gasteiger partial charge in [-0.1, -0.05) is 56.6 Å². The third kappa shape index (κ3) is 5.52. The molecule has 178 valence electrons. The fourth-order valence-corrected chi connectivity index (χ4v) is 5.87. The molecule has 2 saturated heterocycles. The van der Waals surface area contributed by atoms with Crippen molar-refractivity contribution in [1.82, 2.24) is 9.47 Å². The molecule has 2 aliphatic heterocycles. The molecule has 1 aromatic heterocycles. The second-order valence-electron chi connectivity index (χ2n) is 8.69. The molecule has 3 heterocycles. The van der Waals surface area contributed by atoms with E-state index in [1.54, 1.807) is 9.47 Å².